The van der Waals surface area contributed by atoms with Crippen LogP contribution in [0, 0.1) is 0 Å². The van der Waals surface area contributed by atoms with E-state index in [2.05, 4.69) is 31.5 Å². The van der Waals surface area contributed by atoms with Crippen LogP contribution in [0.1, 0.15) is 17.3 Å². The minimum absolute atomic E-state index is 0.251. The van der Waals surface area contributed by atoms with Crippen molar-refractivity contribution in [3.8, 4) is 0 Å². The van der Waals surface area contributed by atoms with E-state index in [1.807, 2.05) is 0 Å². The van der Waals surface area contributed by atoms with Gasteiger partial charge in [0.2, 0.25) is 5.91 Å². The second kappa shape index (κ2) is 7.85. The fourth-order valence-electron chi connectivity index (χ4n) is 1.32. The van der Waals surface area contributed by atoms with Gasteiger partial charge in [-0.05, 0) is 35.0 Å². The van der Waals surface area contributed by atoms with Crippen LogP contribution < -0.4 is 10.6 Å². The molecule has 0 bridgehead atoms. The van der Waals surface area contributed by atoms with Gasteiger partial charge in [-0.25, -0.2) is 4.98 Å². The van der Waals surface area contributed by atoms with Crippen LogP contribution in [0.3, 0.4) is 0 Å². The van der Waals surface area contributed by atoms with Crippen LogP contribution in [0.25, 0.3) is 0 Å². The summed E-state index contributed by atoms with van der Waals surface area (Å²) in [6.45, 7) is 2.47. The Kier molecular flexibility index (Phi) is 6.44. The fraction of sp³-hybridized carbons (Fsp3) is 0.417. The smallest absolute Gasteiger partial charge is 0.252 e. The van der Waals surface area contributed by atoms with Gasteiger partial charge < -0.3 is 15.4 Å². The van der Waals surface area contributed by atoms with Crippen LogP contribution in [-0.2, 0) is 9.53 Å². The van der Waals surface area contributed by atoms with E-state index in [0.717, 1.165) is 0 Å². The number of carbonyl (C=O) groups excluding carboxylic acids is 2. The minimum atomic E-state index is -0.615. The van der Waals surface area contributed by atoms with Crippen molar-refractivity contribution in [1.82, 2.24) is 15.6 Å². The number of rotatable bonds is 6. The lowest BCUT2D eigenvalue weighted by Gasteiger charge is -2.14. The maximum Gasteiger partial charge on any atom is 0.252 e. The molecular formula is C12H16BrN3O3. The number of pyridine rings is 1. The SMILES string of the molecule is COCCNC(=O)C(C)NC(=O)c1ccnc(Br)c1. The van der Waals surface area contributed by atoms with E-state index in [1.165, 1.54) is 6.20 Å². The minimum Gasteiger partial charge on any atom is -0.383 e. The fourth-order valence-corrected chi connectivity index (χ4v) is 1.68. The van der Waals surface area contributed by atoms with Crippen molar-refractivity contribution in [3.63, 3.8) is 0 Å². The van der Waals surface area contributed by atoms with Crippen LogP contribution in [-0.4, -0.2) is 43.1 Å². The molecule has 0 radical (unpaired) electrons. The summed E-state index contributed by atoms with van der Waals surface area (Å²) in [6.07, 6.45) is 1.52. The molecule has 0 aliphatic heterocycles. The molecule has 2 amide bonds. The third kappa shape index (κ3) is 5.35. The maximum absolute atomic E-state index is 11.9. The first-order valence-corrected chi connectivity index (χ1v) is 6.53. The van der Waals surface area contributed by atoms with Gasteiger partial charge in [0.05, 0.1) is 6.61 Å². The van der Waals surface area contributed by atoms with Gasteiger partial charge in [-0.3, -0.25) is 9.59 Å². The molecule has 1 aromatic heterocycles. The first kappa shape index (κ1) is 15.6. The topological polar surface area (TPSA) is 80.3 Å². The Bertz CT molecular complexity index is 454. The number of methoxy groups -OCH3 is 1. The summed E-state index contributed by atoms with van der Waals surface area (Å²) in [5, 5.41) is 5.26. The maximum atomic E-state index is 11.9. The zero-order chi connectivity index (χ0) is 14.3. The molecule has 1 aromatic rings. The monoisotopic (exact) mass is 329 g/mol. The van der Waals surface area contributed by atoms with Crippen LogP contribution in [0.15, 0.2) is 22.9 Å². The highest BCUT2D eigenvalue weighted by atomic mass is 79.9. The lowest BCUT2D eigenvalue weighted by molar-refractivity contribution is -0.122. The van der Waals surface area contributed by atoms with Crippen molar-refractivity contribution < 1.29 is 14.3 Å². The number of amides is 2. The third-order valence-corrected chi connectivity index (χ3v) is 2.77. The number of carbonyl (C=O) groups is 2. The average Bonchev–Trinajstić information content (AvgIpc) is 2.38. The Morgan fingerprint density at radius 2 is 2.26 bits per heavy atom. The highest BCUT2D eigenvalue weighted by Crippen LogP contribution is 2.07. The van der Waals surface area contributed by atoms with Crippen LogP contribution in [0.5, 0.6) is 0 Å². The molecule has 7 heteroatoms. The zero-order valence-corrected chi connectivity index (χ0v) is 12.4. The molecule has 19 heavy (non-hydrogen) atoms. The van der Waals surface area contributed by atoms with E-state index in [0.29, 0.717) is 23.3 Å². The van der Waals surface area contributed by atoms with Gasteiger partial charge >= 0.3 is 0 Å². The summed E-state index contributed by atoms with van der Waals surface area (Å²) in [7, 11) is 1.55. The number of aromatic nitrogens is 1. The first-order valence-electron chi connectivity index (χ1n) is 5.73. The van der Waals surface area contributed by atoms with Gasteiger partial charge in [0.25, 0.3) is 5.91 Å². The number of ether oxygens (including phenoxy) is 1. The van der Waals surface area contributed by atoms with Crippen molar-refractivity contribution in [2.75, 3.05) is 20.3 Å². The number of nitrogens with zero attached hydrogens (tertiary/aromatic N) is 1. The third-order valence-electron chi connectivity index (χ3n) is 2.34. The van der Waals surface area contributed by atoms with E-state index < -0.39 is 6.04 Å². The Morgan fingerprint density at radius 3 is 2.89 bits per heavy atom. The lowest BCUT2D eigenvalue weighted by atomic mass is 10.2. The Labute approximate surface area is 120 Å². The van der Waals surface area contributed by atoms with E-state index in [-0.39, 0.29) is 11.8 Å². The number of halogens is 1. The average molecular weight is 330 g/mol. The first-order chi connectivity index (χ1) is 9.04. The molecule has 0 aliphatic rings. The van der Waals surface area contributed by atoms with Crippen LogP contribution >= 0.6 is 15.9 Å². The summed E-state index contributed by atoms with van der Waals surface area (Å²) < 4.78 is 5.39. The number of hydrogen-bond donors (Lipinski definition) is 2. The van der Waals surface area contributed by atoms with E-state index in [1.54, 1.807) is 26.2 Å². The molecule has 1 atom stereocenters. The van der Waals surface area contributed by atoms with Gasteiger partial charge in [0, 0.05) is 25.4 Å². The van der Waals surface area contributed by atoms with Crippen molar-refractivity contribution in [2.24, 2.45) is 0 Å². The van der Waals surface area contributed by atoms with Crippen LogP contribution in [0.2, 0.25) is 0 Å². The normalized spacial score (nSPS) is 11.7. The van der Waals surface area contributed by atoms with Crippen molar-refractivity contribution >= 4 is 27.7 Å². The quantitative estimate of drug-likeness (QED) is 0.595. The second-order valence-corrected chi connectivity index (χ2v) is 4.66. The summed E-state index contributed by atoms with van der Waals surface area (Å²) in [6, 6.07) is 2.55. The standard InChI is InChI=1S/C12H16BrN3O3/c1-8(11(17)15-5-6-19-2)16-12(18)9-3-4-14-10(13)7-9/h3-4,7-8H,5-6H2,1-2H3,(H,15,17)(H,16,18). The molecule has 0 saturated heterocycles. The Morgan fingerprint density at radius 1 is 1.53 bits per heavy atom. The van der Waals surface area contributed by atoms with Gasteiger partial charge in [-0.1, -0.05) is 0 Å². The van der Waals surface area contributed by atoms with E-state index in [9.17, 15) is 9.59 Å². The summed E-state index contributed by atoms with van der Waals surface area (Å²) in [5.41, 5.74) is 0.443. The highest BCUT2D eigenvalue weighted by Gasteiger charge is 2.16. The molecule has 104 valence electrons. The van der Waals surface area contributed by atoms with Crippen molar-refractivity contribution in [2.45, 2.75) is 13.0 Å². The van der Waals surface area contributed by atoms with Crippen molar-refractivity contribution in [3.05, 3.63) is 28.5 Å². The second-order valence-electron chi connectivity index (χ2n) is 3.85. The number of hydrogen-bond acceptors (Lipinski definition) is 4. The predicted octanol–water partition coefficient (Wildman–Crippen LogP) is 0.725. The Hall–Kier alpha value is -1.47. The number of nitrogens with one attached hydrogen (secondary N) is 2. The molecular weight excluding hydrogens is 314 g/mol. The molecule has 1 heterocycles. The molecule has 1 unspecified atom stereocenters. The lowest BCUT2D eigenvalue weighted by Crippen LogP contribution is -2.45. The highest BCUT2D eigenvalue weighted by molar-refractivity contribution is 9.10. The molecule has 2 N–H and O–H groups in total. The van der Waals surface area contributed by atoms with Gasteiger partial charge in [0.1, 0.15) is 10.6 Å². The van der Waals surface area contributed by atoms with E-state index in [4.69, 9.17) is 4.74 Å². The Balaban J connectivity index is 2.49. The van der Waals surface area contributed by atoms with E-state index >= 15 is 0 Å². The summed E-state index contributed by atoms with van der Waals surface area (Å²) in [5.74, 6) is -0.573. The molecule has 0 saturated carbocycles. The molecule has 0 spiro atoms. The molecule has 1 rings (SSSR count). The van der Waals surface area contributed by atoms with Gasteiger partial charge in [0.15, 0.2) is 0 Å². The summed E-state index contributed by atoms with van der Waals surface area (Å²) in [4.78, 5) is 27.5. The molecule has 0 fully saturated rings. The molecule has 0 aliphatic carbocycles. The van der Waals surface area contributed by atoms with Gasteiger partial charge in [-0.2, -0.15) is 0 Å². The summed E-state index contributed by atoms with van der Waals surface area (Å²) >= 11 is 3.18. The predicted molar refractivity (Wildman–Crippen MR) is 73.8 cm³/mol. The zero-order valence-electron chi connectivity index (χ0n) is 10.8. The molecule has 6 nitrogen and oxygen atoms in total. The molecule has 0 aromatic carbocycles. The van der Waals surface area contributed by atoms with Crippen molar-refractivity contribution in [1.29, 1.82) is 0 Å². The largest absolute Gasteiger partial charge is 0.383 e. The van der Waals surface area contributed by atoms with Gasteiger partial charge in [-0.15, -0.1) is 0 Å². The van der Waals surface area contributed by atoms with Crippen LogP contribution in [0.4, 0.5) is 0 Å².